The van der Waals surface area contributed by atoms with Crippen LogP contribution < -0.4 is 4.90 Å². The summed E-state index contributed by atoms with van der Waals surface area (Å²) in [6.45, 7) is 2.04. The third-order valence-electron chi connectivity index (χ3n) is 2.00. The van der Waals surface area contributed by atoms with Crippen molar-refractivity contribution in [1.29, 1.82) is 0 Å². The van der Waals surface area contributed by atoms with E-state index in [4.69, 9.17) is 0 Å². The second-order valence-electron chi connectivity index (χ2n) is 2.90. The summed E-state index contributed by atoms with van der Waals surface area (Å²) in [5.41, 5.74) is 1.12. The number of anilines is 1. The molecule has 13 heavy (non-hydrogen) atoms. The van der Waals surface area contributed by atoms with Crippen LogP contribution in [0.2, 0.25) is 0 Å². The van der Waals surface area contributed by atoms with Crippen molar-refractivity contribution in [3.63, 3.8) is 0 Å². The SMILES string of the molecule is CC1N=CN=CN1c1ccccc1. The van der Waals surface area contributed by atoms with Crippen LogP contribution in [0.25, 0.3) is 0 Å². The largest absolute Gasteiger partial charge is 0.310 e. The zero-order valence-corrected chi connectivity index (χ0v) is 7.46. The van der Waals surface area contributed by atoms with Gasteiger partial charge in [-0.2, -0.15) is 0 Å². The van der Waals surface area contributed by atoms with Crippen LogP contribution in [0.5, 0.6) is 0 Å². The van der Waals surface area contributed by atoms with Crippen molar-refractivity contribution in [1.82, 2.24) is 0 Å². The summed E-state index contributed by atoms with van der Waals surface area (Å²) in [5, 5.41) is 0. The zero-order valence-electron chi connectivity index (χ0n) is 7.46. The fourth-order valence-corrected chi connectivity index (χ4v) is 1.29. The topological polar surface area (TPSA) is 28.0 Å². The van der Waals surface area contributed by atoms with Crippen molar-refractivity contribution >= 4 is 18.4 Å². The highest BCUT2D eigenvalue weighted by Gasteiger charge is 2.11. The molecule has 1 atom stereocenters. The maximum atomic E-state index is 4.19. The van der Waals surface area contributed by atoms with Crippen LogP contribution in [0.15, 0.2) is 40.3 Å². The third-order valence-corrected chi connectivity index (χ3v) is 2.00. The second-order valence-corrected chi connectivity index (χ2v) is 2.90. The van der Waals surface area contributed by atoms with Crippen LogP contribution in [-0.2, 0) is 0 Å². The van der Waals surface area contributed by atoms with Crippen LogP contribution in [0, 0.1) is 0 Å². The van der Waals surface area contributed by atoms with Gasteiger partial charge in [-0.1, -0.05) is 18.2 Å². The minimum Gasteiger partial charge on any atom is -0.310 e. The first-order valence-electron chi connectivity index (χ1n) is 4.26. The maximum absolute atomic E-state index is 4.19. The van der Waals surface area contributed by atoms with E-state index in [9.17, 15) is 0 Å². The summed E-state index contributed by atoms with van der Waals surface area (Å²) in [6.07, 6.45) is 3.52. The Bertz CT molecular complexity index is 329. The minimum absolute atomic E-state index is 0.139. The molecule has 1 aromatic carbocycles. The van der Waals surface area contributed by atoms with Crippen molar-refractivity contribution in [3.8, 4) is 0 Å². The van der Waals surface area contributed by atoms with E-state index in [1.165, 1.54) is 0 Å². The van der Waals surface area contributed by atoms with Crippen molar-refractivity contribution in [3.05, 3.63) is 30.3 Å². The van der Waals surface area contributed by atoms with E-state index in [-0.39, 0.29) is 6.17 Å². The molecule has 0 saturated carbocycles. The Hall–Kier alpha value is -1.64. The molecule has 0 radical (unpaired) electrons. The molecule has 1 aliphatic heterocycles. The van der Waals surface area contributed by atoms with Gasteiger partial charge in [-0.25, -0.2) is 9.98 Å². The molecule has 0 N–H and O–H groups in total. The highest BCUT2D eigenvalue weighted by atomic mass is 15.3. The molecule has 2 rings (SSSR count). The van der Waals surface area contributed by atoms with Gasteiger partial charge in [-0.3, -0.25) is 0 Å². The molecule has 3 nitrogen and oxygen atoms in total. The third kappa shape index (κ3) is 1.59. The molecule has 0 aliphatic carbocycles. The molecule has 0 aromatic heterocycles. The van der Waals surface area contributed by atoms with Gasteiger partial charge in [0, 0.05) is 5.69 Å². The molecule has 3 heteroatoms. The molecule has 0 saturated heterocycles. The Morgan fingerprint density at radius 3 is 2.69 bits per heavy atom. The van der Waals surface area contributed by atoms with Gasteiger partial charge in [-0.15, -0.1) is 0 Å². The molecule has 1 aliphatic rings. The molecular formula is C10H11N3. The molecule has 1 aromatic rings. The van der Waals surface area contributed by atoms with E-state index in [1.54, 1.807) is 12.7 Å². The minimum atomic E-state index is 0.139. The Balaban J connectivity index is 2.27. The standard InChI is InChI=1S/C10H11N3/c1-9-12-7-11-8-13(9)10-5-3-2-4-6-10/h2-9H,1H3. The van der Waals surface area contributed by atoms with E-state index in [1.807, 2.05) is 42.2 Å². The average molecular weight is 173 g/mol. The Labute approximate surface area is 77.4 Å². The van der Waals surface area contributed by atoms with Gasteiger partial charge in [0.2, 0.25) is 0 Å². The summed E-state index contributed by atoms with van der Waals surface area (Å²) in [5.74, 6) is 0. The number of hydrogen-bond acceptors (Lipinski definition) is 3. The highest BCUT2D eigenvalue weighted by molar-refractivity contribution is 5.87. The van der Waals surface area contributed by atoms with Gasteiger partial charge in [0.1, 0.15) is 12.5 Å². The Morgan fingerprint density at radius 1 is 1.23 bits per heavy atom. The first-order valence-corrected chi connectivity index (χ1v) is 4.26. The van der Waals surface area contributed by atoms with E-state index in [0.717, 1.165) is 5.69 Å². The van der Waals surface area contributed by atoms with E-state index >= 15 is 0 Å². The van der Waals surface area contributed by atoms with Gasteiger partial charge in [0.25, 0.3) is 0 Å². The maximum Gasteiger partial charge on any atom is 0.125 e. The number of nitrogens with zero attached hydrogens (tertiary/aromatic N) is 3. The summed E-state index contributed by atoms with van der Waals surface area (Å²) in [4.78, 5) is 10.2. The number of para-hydroxylation sites is 1. The van der Waals surface area contributed by atoms with Crippen molar-refractivity contribution in [2.75, 3.05) is 4.90 Å². The van der Waals surface area contributed by atoms with Crippen LogP contribution in [0.1, 0.15) is 6.92 Å². The van der Waals surface area contributed by atoms with Gasteiger partial charge < -0.3 is 4.90 Å². The summed E-state index contributed by atoms with van der Waals surface area (Å²) in [7, 11) is 0. The predicted octanol–water partition coefficient (Wildman–Crippen LogP) is 1.91. The fraction of sp³-hybridized carbons (Fsp3) is 0.200. The van der Waals surface area contributed by atoms with Crippen LogP contribution >= 0.6 is 0 Å². The normalized spacial score (nSPS) is 20.7. The predicted molar refractivity (Wildman–Crippen MR) is 55.4 cm³/mol. The fourth-order valence-electron chi connectivity index (χ4n) is 1.29. The summed E-state index contributed by atoms with van der Waals surface area (Å²) in [6, 6.07) is 10.1. The summed E-state index contributed by atoms with van der Waals surface area (Å²) >= 11 is 0. The lowest BCUT2D eigenvalue weighted by molar-refractivity contribution is 0.772. The quantitative estimate of drug-likeness (QED) is 0.637. The van der Waals surface area contributed by atoms with Gasteiger partial charge in [0.15, 0.2) is 0 Å². The van der Waals surface area contributed by atoms with Crippen molar-refractivity contribution < 1.29 is 0 Å². The molecule has 1 heterocycles. The van der Waals surface area contributed by atoms with Crippen LogP contribution in [0.4, 0.5) is 5.69 Å². The van der Waals surface area contributed by atoms with E-state index < -0.39 is 0 Å². The van der Waals surface area contributed by atoms with E-state index in [0.29, 0.717) is 0 Å². The zero-order chi connectivity index (χ0) is 9.10. The number of aliphatic imine (C=N–C) groups is 2. The second kappa shape index (κ2) is 3.39. The Kier molecular flexibility index (Phi) is 2.08. The van der Waals surface area contributed by atoms with Crippen LogP contribution in [0.3, 0.4) is 0 Å². The van der Waals surface area contributed by atoms with E-state index in [2.05, 4.69) is 9.98 Å². The number of rotatable bonds is 1. The smallest absolute Gasteiger partial charge is 0.125 e. The molecule has 66 valence electrons. The average Bonchev–Trinajstić information content (AvgIpc) is 2.20. The summed E-state index contributed by atoms with van der Waals surface area (Å²) < 4.78 is 0. The van der Waals surface area contributed by atoms with Gasteiger partial charge in [0.05, 0.1) is 6.34 Å². The first kappa shape index (κ1) is 7.98. The van der Waals surface area contributed by atoms with Crippen LogP contribution in [-0.4, -0.2) is 18.8 Å². The molecule has 0 spiro atoms. The monoisotopic (exact) mass is 173 g/mol. The lowest BCUT2D eigenvalue weighted by Gasteiger charge is -2.25. The van der Waals surface area contributed by atoms with Crippen molar-refractivity contribution in [2.24, 2.45) is 9.98 Å². The molecule has 1 unspecified atom stereocenters. The molecule has 0 fully saturated rings. The lowest BCUT2D eigenvalue weighted by Crippen LogP contribution is -2.32. The van der Waals surface area contributed by atoms with Gasteiger partial charge in [-0.05, 0) is 19.1 Å². The highest BCUT2D eigenvalue weighted by Crippen LogP contribution is 2.16. The lowest BCUT2D eigenvalue weighted by atomic mass is 10.3. The van der Waals surface area contributed by atoms with Gasteiger partial charge >= 0.3 is 0 Å². The Morgan fingerprint density at radius 2 is 2.00 bits per heavy atom. The molecule has 0 amide bonds. The number of hydrogen-bond donors (Lipinski definition) is 0. The first-order chi connectivity index (χ1) is 6.38. The molecule has 0 bridgehead atoms. The number of benzene rings is 1. The van der Waals surface area contributed by atoms with Crippen molar-refractivity contribution in [2.45, 2.75) is 13.1 Å². The molecular weight excluding hydrogens is 162 g/mol.